The van der Waals surface area contributed by atoms with E-state index in [2.05, 4.69) is 75.0 Å². The van der Waals surface area contributed by atoms with E-state index in [1.165, 1.54) is 42.4 Å². The van der Waals surface area contributed by atoms with Crippen molar-refractivity contribution in [1.82, 2.24) is 9.80 Å². The number of hydrogen-bond acceptors (Lipinski definition) is 2. The van der Waals surface area contributed by atoms with Gasteiger partial charge in [-0.1, -0.05) is 67.3 Å². The summed E-state index contributed by atoms with van der Waals surface area (Å²) in [6, 6.07) is 29.5. The monoisotopic (exact) mass is 510 g/mol. The molecule has 3 aromatic rings. The average molecular weight is 511 g/mol. The Labute approximate surface area is 239 Å². The molecule has 0 heterocycles. The van der Waals surface area contributed by atoms with E-state index in [1.807, 2.05) is 74.4 Å². The van der Waals surface area contributed by atoms with E-state index in [0.717, 1.165) is 0 Å². The Morgan fingerprint density at radius 2 is 1.25 bits per heavy atom. The molecular formula is C33H41N2Sc. The molecule has 1 atom stereocenters. The van der Waals surface area contributed by atoms with Crippen LogP contribution < -0.4 is 0 Å². The molecule has 0 bridgehead atoms. The molecule has 0 saturated carbocycles. The average Bonchev–Trinajstić information content (AvgIpc) is 3.19. The van der Waals surface area contributed by atoms with Gasteiger partial charge in [0.15, 0.2) is 0 Å². The maximum Gasteiger partial charge on any atom is 3.00 e. The van der Waals surface area contributed by atoms with Gasteiger partial charge < -0.3 is 9.80 Å². The van der Waals surface area contributed by atoms with Gasteiger partial charge in [-0.05, 0) is 40.5 Å². The molecule has 0 aromatic heterocycles. The Kier molecular flexibility index (Phi) is 13.2. The van der Waals surface area contributed by atoms with Crippen LogP contribution in [-0.2, 0) is 25.8 Å². The third-order valence-electron chi connectivity index (χ3n) is 6.20. The first kappa shape index (κ1) is 30.0. The Morgan fingerprint density at radius 1 is 0.750 bits per heavy atom. The van der Waals surface area contributed by atoms with Gasteiger partial charge in [-0.3, -0.25) is 0 Å². The molecule has 186 valence electrons. The standard InChI is InChI=1S/C15H17.2C9H12N.Sc/c1-2-11-12-7-3-5-9-14(12)15-10-6-4-8-13(11)15;2*1-10(2)8-9-6-4-3-5-7-9;/h3,5,7-9,11H,2,4,6,10H2,1H3;2*3-8H,1-2H3;/q3*-1;+3. The molecule has 1 unspecified atom stereocenters. The van der Waals surface area contributed by atoms with Crippen molar-refractivity contribution in [2.75, 3.05) is 28.2 Å². The van der Waals surface area contributed by atoms with Gasteiger partial charge in [-0.2, -0.15) is 41.0 Å². The molecule has 0 aliphatic heterocycles. The molecule has 3 aromatic carbocycles. The smallest absolute Gasteiger partial charge is 0.339 e. The molecule has 3 heteroatoms. The molecular weight excluding hydrogens is 469 g/mol. The number of nitrogens with zero attached hydrogens (tertiary/aromatic N) is 2. The SMILES string of the molecule is CCC1C2=C(CCC[CH-]2)c2ccccc21.CN(C)[CH-]c1ccccc1.CN(C)[CH-]c1ccccc1.[Sc+3]. The predicted molar refractivity (Wildman–Crippen MR) is 152 cm³/mol. The summed E-state index contributed by atoms with van der Waals surface area (Å²) in [7, 11) is 8.08. The van der Waals surface area contributed by atoms with E-state index >= 15 is 0 Å². The van der Waals surface area contributed by atoms with Gasteiger partial charge >= 0.3 is 25.8 Å². The second-order valence-electron chi connectivity index (χ2n) is 9.59. The van der Waals surface area contributed by atoms with E-state index in [9.17, 15) is 0 Å². The molecule has 0 radical (unpaired) electrons. The second kappa shape index (κ2) is 15.8. The summed E-state index contributed by atoms with van der Waals surface area (Å²) in [5, 5.41) is 0. The van der Waals surface area contributed by atoms with Crippen LogP contribution in [0, 0.1) is 19.5 Å². The molecule has 2 aliphatic rings. The van der Waals surface area contributed by atoms with Crippen molar-refractivity contribution in [2.45, 2.75) is 38.5 Å². The van der Waals surface area contributed by atoms with Gasteiger partial charge in [0.25, 0.3) is 0 Å². The van der Waals surface area contributed by atoms with Crippen molar-refractivity contribution < 1.29 is 25.8 Å². The number of allylic oxidation sites excluding steroid dienone is 2. The summed E-state index contributed by atoms with van der Waals surface area (Å²) in [5.74, 6) is 0.691. The minimum atomic E-state index is 0. The second-order valence-corrected chi connectivity index (χ2v) is 9.59. The Morgan fingerprint density at radius 3 is 1.75 bits per heavy atom. The zero-order valence-corrected chi connectivity index (χ0v) is 24.5. The van der Waals surface area contributed by atoms with Crippen LogP contribution in [0.3, 0.4) is 0 Å². The maximum atomic E-state index is 2.48. The molecule has 36 heavy (non-hydrogen) atoms. The van der Waals surface area contributed by atoms with Gasteiger partial charge in [0.1, 0.15) is 0 Å². The fourth-order valence-electron chi connectivity index (χ4n) is 4.80. The van der Waals surface area contributed by atoms with E-state index in [0.29, 0.717) is 5.92 Å². The Bertz CT molecular complexity index is 996. The number of rotatable bonds is 5. The summed E-state index contributed by atoms with van der Waals surface area (Å²) < 4.78 is 0. The third-order valence-corrected chi connectivity index (χ3v) is 6.20. The first-order valence-electron chi connectivity index (χ1n) is 12.8. The maximum absolute atomic E-state index is 2.48. The Balaban J connectivity index is 0.000000195. The molecule has 0 spiro atoms. The first-order chi connectivity index (χ1) is 17.0. The van der Waals surface area contributed by atoms with Crippen LogP contribution in [-0.4, -0.2) is 38.0 Å². The fraction of sp³-hybridized carbons (Fsp3) is 0.303. The number of fused-ring (bicyclic) bond motifs is 2. The van der Waals surface area contributed by atoms with Crippen molar-refractivity contribution in [3.63, 3.8) is 0 Å². The van der Waals surface area contributed by atoms with Crippen LogP contribution in [0.25, 0.3) is 5.57 Å². The minimum absolute atomic E-state index is 0. The van der Waals surface area contributed by atoms with E-state index in [-0.39, 0.29) is 25.8 Å². The van der Waals surface area contributed by atoms with Crippen molar-refractivity contribution >= 4 is 5.57 Å². The summed E-state index contributed by atoms with van der Waals surface area (Å²) in [6.07, 6.45) is 7.63. The first-order valence-corrected chi connectivity index (χ1v) is 12.8. The quantitative estimate of drug-likeness (QED) is 0.323. The van der Waals surface area contributed by atoms with Gasteiger partial charge in [-0.25, -0.2) is 12.0 Å². The predicted octanol–water partition coefficient (Wildman–Crippen LogP) is 7.85. The van der Waals surface area contributed by atoms with Crippen molar-refractivity contribution in [1.29, 1.82) is 0 Å². The molecule has 0 saturated heterocycles. The van der Waals surface area contributed by atoms with Crippen LogP contribution in [0.1, 0.15) is 60.8 Å². The molecule has 0 amide bonds. The van der Waals surface area contributed by atoms with Crippen LogP contribution in [0.5, 0.6) is 0 Å². The normalized spacial score (nSPS) is 15.2. The van der Waals surface area contributed by atoms with Crippen molar-refractivity contribution in [3.05, 3.63) is 132 Å². The molecule has 2 nitrogen and oxygen atoms in total. The number of hydrogen-bond donors (Lipinski definition) is 0. The summed E-state index contributed by atoms with van der Waals surface area (Å²) >= 11 is 0. The van der Waals surface area contributed by atoms with E-state index in [1.54, 1.807) is 16.7 Å². The van der Waals surface area contributed by atoms with Gasteiger partial charge in [0.2, 0.25) is 0 Å². The topological polar surface area (TPSA) is 6.48 Å². The zero-order chi connectivity index (χ0) is 25.0. The largest absolute Gasteiger partial charge is 3.00 e. The van der Waals surface area contributed by atoms with E-state index < -0.39 is 0 Å². The van der Waals surface area contributed by atoms with E-state index in [4.69, 9.17) is 0 Å². The summed E-state index contributed by atoms with van der Waals surface area (Å²) in [4.78, 5) is 4.07. The fourth-order valence-corrected chi connectivity index (χ4v) is 4.80. The van der Waals surface area contributed by atoms with Gasteiger partial charge in [-0.15, -0.1) is 43.8 Å². The van der Waals surface area contributed by atoms with Crippen LogP contribution in [0.4, 0.5) is 0 Å². The minimum Gasteiger partial charge on any atom is -0.339 e. The molecule has 2 aliphatic carbocycles. The van der Waals surface area contributed by atoms with Crippen LogP contribution >= 0.6 is 0 Å². The Hall–Kier alpha value is -2.20. The van der Waals surface area contributed by atoms with Crippen LogP contribution in [0.15, 0.2) is 90.5 Å². The summed E-state index contributed by atoms with van der Waals surface area (Å²) in [6.45, 7) is 6.47. The molecule has 0 fully saturated rings. The van der Waals surface area contributed by atoms with Gasteiger partial charge in [0.05, 0.1) is 0 Å². The molecule has 0 N–H and O–H groups in total. The van der Waals surface area contributed by atoms with Gasteiger partial charge in [0, 0.05) is 0 Å². The summed E-state index contributed by atoms with van der Waals surface area (Å²) in [5.41, 5.74) is 8.88. The van der Waals surface area contributed by atoms with Crippen molar-refractivity contribution in [2.24, 2.45) is 0 Å². The third kappa shape index (κ3) is 9.03. The van der Waals surface area contributed by atoms with Crippen molar-refractivity contribution in [3.8, 4) is 0 Å². The zero-order valence-electron chi connectivity index (χ0n) is 22.7. The number of benzene rings is 3. The molecule has 5 rings (SSSR count). The van der Waals surface area contributed by atoms with Crippen LogP contribution in [0.2, 0.25) is 0 Å².